The number of aromatic amines is 1. The largest absolute Gasteiger partial charge is 0.378 e. The van der Waals surface area contributed by atoms with E-state index in [4.69, 9.17) is 0 Å². The van der Waals surface area contributed by atoms with Crippen LogP contribution in [0, 0.1) is 11.3 Å². The lowest BCUT2D eigenvalue weighted by molar-refractivity contribution is 0.941. The highest BCUT2D eigenvalue weighted by molar-refractivity contribution is 5.98. The Kier molecular flexibility index (Phi) is 4.00. The van der Waals surface area contributed by atoms with Crippen LogP contribution in [0.4, 0.5) is 5.69 Å². The highest BCUT2D eigenvalue weighted by Gasteiger charge is 2.16. The summed E-state index contributed by atoms with van der Waals surface area (Å²) in [5, 5.41) is 10.3. The Morgan fingerprint density at radius 1 is 1.25 bits per heavy atom. The first-order valence-electron chi connectivity index (χ1n) is 7.64. The van der Waals surface area contributed by atoms with Gasteiger partial charge < -0.3 is 9.88 Å². The van der Waals surface area contributed by atoms with Crippen LogP contribution in [0.3, 0.4) is 0 Å². The Labute approximate surface area is 139 Å². The summed E-state index contributed by atoms with van der Waals surface area (Å²) >= 11 is 0. The zero-order chi connectivity index (χ0) is 17.3. The smallest absolute Gasteiger partial charge is 0.266 e. The minimum absolute atomic E-state index is 0.0752. The van der Waals surface area contributed by atoms with Gasteiger partial charge in [0.05, 0.1) is 0 Å². The third-order valence-corrected chi connectivity index (χ3v) is 3.94. The van der Waals surface area contributed by atoms with Gasteiger partial charge in [0.25, 0.3) is 5.56 Å². The van der Waals surface area contributed by atoms with Crippen molar-refractivity contribution in [2.24, 2.45) is 0 Å². The lowest BCUT2D eigenvalue weighted by atomic mass is 9.98. The lowest BCUT2D eigenvalue weighted by Crippen LogP contribution is -2.13. The fourth-order valence-corrected chi connectivity index (χ4v) is 2.63. The molecule has 2 aromatic heterocycles. The summed E-state index contributed by atoms with van der Waals surface area (Å²) in [6.45, 7) is 1.97. The molecule has 0 spiro atoms. The summed E-state index contributed by atoms with van der Waals surface area (Å²) in [4.78, 5) is 25.6. The van der Waals surface area contributed by atoms with Crippen LogP contribution >= 0.6 is 0 Å². The van der Waals surface area contributed by atoms with Crippen molar-refractivity contribution in [2.75, 3.05) is 19.0 Å². The van der Waals surface area contributed by atoms with Crippen LogP contribution in [-0.4, -0.2) is 29.0 Å². The number of aromatic nitrogens is 3. The number of fused-ring (bicyclic) bond motifs is 1. The molecule has 1 N–H and O–H groups in total. The fourth-order valence-electron chi connectivity index (χ4n) is 2.63. The van der Waals surface area contributed by atoms with Crippen LogP contribution in [0.1, 0.15) is 18.3 Å². The van der Waals surface area contributed by atoms with Crippen molar-refractivity contribution >= 4 is 16.6 Å². The Morgan fingerprint density at radius 2 is 1.96 bits per heavy atom. The molecule has 3 rings (SSSR count). The van der Waals surface area contributed by atoms with E-state index in [9.17, 15) is 10.1 Å². The van der Waals surface area contributed by atoms with Gasteiger partial charge in [-0.2, -0.15) is 5.26 Å². The van der Waals surface area contributed by atoms with Crippen molar-refractivity contribution in [1.29, 1.82) is 5.26 Å². The van der Waals surface area contributed by atoms with E-state index in [1.807, 2.05) is 50.2 Å². The van der Waals surface area contributed by atoms with Crippen LogP contribution in [0.25, 0.3) is 22.0 Å². The summed E-state index contributed by atoms with van der Waals surface area (Å²) in [6, 6.07) is 7.74. The van der Waals surface area contributed by atoms with E-state index in [1.54, 1.807) is 12.4 Å². The second-order valence-corrected chi connectivity index (χ2v) is 5.68. The molecule has 0 saturated heterocycles. The molecule has 6 nitrogen and oxygen atoms in total. The molecule has 3 aromatic rings. The van der Waals surface area contributed by atoms with Crippen LogP contribution in [0.5, 0.6) is 0 Å². The number of hydrogen-bond donors (Lipinski definition) is 1. The fraction of sp³-hybridized carbons (Fsp3) is 0.222. The van der Waals surface area contributed by atoms with E-state index >= 15 is 0 Å². The van der Waals surface area contributed by atoms with E-state index in [1.165, 1.54) is 0 Å². The van der Waals surface area contributed by atoms with Crippen molar-refractivity contribution in [2.45, 2.75) is 13.3 Å². The van der Waals surface area contributed by atoms with Gasteiger partial charge in [0, 0.05) is 60.6 Å². The molecular formula is C18H17N5O. The van der Waals surface area contributed by atoms with Crippen molar-refractivity contribution < 1.29 is 0 Å². The van der Waals surface area contributed by atoms with E-state index in [0.717, 1.165) is 23.3 Å². The van der Waals surface area contributed by atoms with Crippen molar-refractivity contribution in [3.05, 3.63) is 52.3 Å². The van der Waals surface area contributed by atoms with Crippen LogP contribution < -0.4 is 10.5 Å². The second-order valence-electron chi connectivity index (χ2n) is 5.68. The molecule has 0 aliphatic heterocycles. The molecule has 0 aliphatic carbocycles. The molecule has 0 unspecified atom stereocenters. The molecule has 0 fully saturated rings. The molecular weight excluding hydrogens is 302 g/mol. The molecule has 120 valence electrons. The molecule has 2 heterocycles. The monoisotopic (exact) mass is 319 g/mol. The first kappa shape index (κ1) is 15.7. The Bertz CT molecular complexity index is 997. The highest BCUT2D eigenvalue weighted by Crippen LogP contribution is 2.31. The molecule has 0 bridgehead atoms. The molecule has 6 heteroatoms. The first-order chi connectivity index (χ1) is 11.5. The summed E-state index contributed by atoms with van der Waals surface area (Å²) in [5.41, 5.74) is 2.56. The van der Waals surface area contributed by atoms with Crippen molar-refractivity contribution in [3.63, 3.8) is 0 Å². The number of hydrogen-bond acceptors (Lipinski definition) is 5. The van der Waals surface area contributed by atoms with Gasteiger partial charge >= 0.3 is 0 Å². The summed E-state index contributed by atoms with van der Waals surface area (Å²) in [6.07, 6.45) is 4.07. The number of pyridine rings is 1. The molecule has 0 amide bonds. The molecule has 0 atom stereocenters. The van der Waals surface area contributed by atoms with Crippen molar-refractivity contribution in [1.82, 2.24) is 15.0 Å². The Balaban J connectivity index is 2.39. The Hall–Kier alpha value is -3.20. The maximum atomic E-state index is 12.3. The van der Waals surface area contributed by atoms with Crippen LogP contribution in [0.15, 0.2) is 35.4 Å². The summed E-state index contributed by atoms with van der Waals surface area (Å²) in [7, 11) is 3.88. The number of rotatable bonds is 3. The van der Waals surface area contributed by atoms with E-state index in [0.29, 0.717) is 16.6 Å². The molecule has 1 aromatic carbocycles. The average molecular weight is 319 g/mol. The number of nitrogens with zero attached hydrogens (tertiary/aromatic N) is 4. The van der Waals surface area contributed by atoms with Gasteiger partial charge in [-0.3, -0.25) is 4.79 Å². The molecule has 24 heavy (non-hydrogen) atoms. The minimum atomic E-state index is -0.405. The van der Waals surface area contributed by atoms with E-state index in [2.05, 4.69) is 15.0 Å². The third kappa shape index (κ3) is 2.61. The maximum Gasteiger partial charge on any atom is 0.266 e. The molecule has 0 saturated carbocycles. The van der Waals surface area contributed by atoms with Gasteiger partial charge in [0.1, 0.15) is 17.5 Å². The number of nitrogens with one attached hydrogen (secondary N) is 1. The predicted molar refractivity (Wildman–Crippen MR) is 94.0 cm³/mol. The number of H-pyrrole nitrogens is 1. The van der Waals surface area contributed by atoms with Gasteiger partial charge in [0.15, 0.2) is 0 Å². The summed E-state index contributed by atoms with van der Waals surface area (Å²) in [5.74, 6) is 0.723. The zero-order valence-electron chi connectivity index (χ0n) is 13.8. The maximum absolute atomic E-state index is 12.3. The number of anilines is 1. The average Bonchev–Trinajstić information content (AvgIpc) is 2.60. The predicted octanol–water partition coefficient (Wildman–Crippen LogP) is 2.49. The normalized spacial score (nSPS) is 10.6. The van der Waals surface area contributed by atoms with Gasteiger partial charge in [-0.05, 0) is 18.2 Å². The second kappa shape index (κ2) is 6.13. The number of benzene rings is 1. The number of nitriles is 1. The zero-order valence-corrected chi connectivity index (χ0v) is 13.8. The Morgan fingerprint density at radius 3 is 2.54 bits per heavy atom. The SMILES string of the molecule is CCc1ncc(-c2c(C#N)c(=O)[nH]c3ccc(N(C)C)cc23)cn1. The lowest BCUT2D eigenvalue weighted by Gasteiger charge is -2.15. The van der Waals surface area contributed by atoms with Gasteiger partial charge in [-0.1, -0.05) is 6.92 Å². The van der Waals surface area contributed by atoms with Gasteiger partial charge in [-0.15, -0.1) is 0 Å². The minimum Gasteiger partial charge on any atom is -0.378 e. The number of aryl methyl sites for hydroxylation is 1. The van der Waals surface area contributed by atoms with Gasteiger partial charge in [-0.25, -0.2) is 9.97 Å². The topological polar surface area (TPSA) is 85.7 Å². The highest BCUT2D eigenvalue weighted by atomic mass is 16.1. The third-order valence-electron chi connectivity index (χ3n) is 3.94. The van der Waals surface area contributed by atoms with Crippen LogP contribution in [-0.2, 0) is 6.42 Å². The van der Waals surface area contributed by atoms with Gasteiger partial charge in [0.2, 0.25) is 0 Å². The quantitative estimate of drug-likeness (QED) is 0.801. The van der Waals surface area contributed by atoms with E-state index in [-0.39, 0.29) is 5.56 Å². The van der Waals surface area contributed by atoms with Crippen LogP contribution in [0.2, 0.25) is 0 Å². The first-order valence-corrected chi connectivity index (χ1v) is 7.64. The van der Waals surface area contributed by atoms with Crippen molar-refractivity contribution in [3.8, 4) is 17.2 Å². The molecule has 0 radical (unpaired) electrons. The molecule has 0 aliphatic rings. The summed E-state index contributed by atoms with van der Waals surface area (Å²) < 4.78 is 0. The standard InChI is InChI=1S/C18H17N5O/c1-4-16-20-9-11(10-21-16)17-13-7-12(23(2)3)5-6-15(13)22-18(24)14(17)8-19/h5-7,9-10H,4H2,1-3H3,(H,22,24). The van der Waals surface area contributed by atoms with E-state index < -0.39 is 5.56 Å².